The lowest BCUT2D eigenvalue weighted by molar-refractivity contribution is 0.283. The molecule has 1 aromatic carbocycles. The SMILES string of the molecule is OCCCCCCNc1cc(Br)ccc1Br. The minimum atomic E-state index is 0.310. The van der Waals surface area contributed by atoms with Crippen molar-refractivity contribution < 1.29 is 5.11 Å². The highest BCUT2D eigenvalue weighted by Gasteiger charge is 1.99. The Bertz CT molecular complexity index is 318. The Kier molecular flexibility index (Phi) is 7.08. The standard InChI is InChI=1S/C12H17Br2NO/c13-10-5-6-11(14)12(9-10)15-7-3-1-2-4-8-16/h5-6,9,15-16H,1-4,7-8H2. The minimum absolute atomic E-state index is 0.310. The van der Waals surface area contributed by atoms with Crippen LogP contribution >= 0.6 is 31.9 Å². The second-order valence-corrected chi connectivity index (χ2v) is 5.46. The Balaban J connectivity index is 2.23. The molecule has 0 aromatic heterocycles. The van der Waals surface area contributed by atoms with E-state index in [1.165, 1.54) is 6.42 Å². The van der Waals surface area contributed by atoms with Crippen LogP contribution < -0.4 is 5.32 Å². The largest absolute Gasteiger partial charge is 0.396 e. The summed E-state index contributed by atoms with van der Waals surface area (Å²) in [6.07, 6.45) is 4.33. The summed E-state index contributed by atoms with van der Waals surface area (Å²) in [4.78, 5) is 0. The molecule has 0 bridgehead atoms. The quantitative estimate of drug-likeness (QED) is 0.723. The molecule has 0 aliphatic rings. The molecule has 0 amide bonds. The van der Waals surface area contributed by atoms with Crippen LogP contribution in [0, 0.1) is 0 Å². The van der Waals surface area contributed by atoms with E-state index in [2.05, 4.69) is 43.2 Å². The maximum atomic E-state index is 8.64. The first-order chi connectivity index (χ1) is 7.74. The lowest BCUT2D eigenvalue weighted by Gasteiger charge is -2.08. The number of anilines is 1. The van der Waals surface area contributed by atoms with E-state index in [4.69, 9.17) is 5.11 Å². The molecule has 0 unspecified atom stereocenters. The van der Waals surface area contributed by atoms with E-state index in [0.29, 0.717) is 6.61 Å². The first-order valence-corrected chi connectivity index (χ1v) is 7.12. The zero-order valence-corrected chi connectivity index (χ0v) is 12.3. The topological polar surface area (TPSA) is 32.3 Å². The first-order valence-electron chi connectivity index (χ1n) is 5.54. The van der Waals surface area contributed by atoms with Crippen molar-refractivity contribution in [2.24, 2.45) is 0 Å². The number of hydrogen-bond donors (Lipinski definition) is 2. The fourth-order valence-electron chi connectivity index (χ4n) is 1.45. The fraction of sp³-hybridized carbons (Fsp3) is 0.500. The Labute approximate surface area is 114 Å². The van der Waals surface area contributed by atoms with Crippen molar-refractivity contribution in [2.45, 2.75) is 25.7 Å². The van der Waals surface area contributed by atoms with Crippen LogP contribution in [0.25, 0.3) is 0 Å². The summed E-state index contributed by atoms with van der Waals surface area (Å²) in [5.41, 5.74) is 1.12. The summed E-state index contributed by atoms with van der Waals surface area (Å²) < 4.78 is 2.17. The van der Waals surface area contributed by atoms with Crippen LogP contribution in [0.4, 0.5) is 5.69 Å². The molecule has 0 saturated carbocycles. The monoisotopic (exact) mass is 349 g/mol. The Morgan fingerprint density at radius 2 is 1.81 bits per heavy atom. The highest BCUT2D eigenvalue weighted by Crippen LogP contribution is 2.26. The smallest absolute Gasteiger partial charge is 0.0495 e. The van der Waals surface area contributed by atoms with Crippen LogP contribution in [0.3, 0.4) is 0 Å². The molecule has 0 saturated heterocycles. The summed E-state index contributed by atoms with van der Waals surface area (Å²) >= 11 is 6.96. The Morgan fingerprint density at radius 1 is 1.06 bits per heavy atom. The van der Waals surface area contributed by atoms with Gasteiger partial charge in [0, 0.05) is 27.8 Å². The van der Waals surface area contributed by atoms with Gasteiger partial charge in [-0.1, -0.05) is 28.8 Å². The number of rotatable bonds is 7. The van der Waals surface area contributed by atoms with Gasteiger partial charge in [-0.3, -0.25) is 0 Å². The number of halogens is 2. The van der Waals surface area contributed by atoms with Crippen molar-refractivity contribution in [3.8, 4) is 0 Å². The van der Waals surface area contributed by atoms with Crippen molar-refractivity contribution >= 4 is 37.5 Å². The maximum absolute atomic E-state index is 8.64. The second kappa shape index (κ2) is 8.09. The van der Waals surface area contributed by atoms with Crippen molar-refractivity contribution in [2.75, 3.05) is 18.5 Å². The second-order valence-electron chi connectivity index (χ2n) is 3.69. The van der Waals surface area contributed by atoms with Gasteiger partial charge < -0.3 is 10.4 Å². The normalized spacial score (nSPS) is 10.4. The summed E-state index contributed by atoms with van der Waals surface area (Å²) in [6, 6.07) is 6.10. The van der Waals surface area contributed by atoms with Crippen LogP contribution in [0.2, 0.25) is 0 Å². The molecule has 1 aromatic rings. The van der Waals surface area contributed by atoms with Crippen LogP contribution in [0.1, 0.15) is 25.7 Å². The molecule has 0 aliphatic heterocycles. The van der Waals surface area contributed by atoms with Gasteiger partial charge >= 0.3 is 0 Å². The number of hydrogen-bond acceptors (Lipinski definition) is 2. The minimum Gasteiger partial charge on any atom is -0.396 e. The summed E-state index contributed by atoms with van der Waals surface area (Å²) in [7, 11) is 0. The highest BCUT2D eigenvalue weighted by molar-refractivity contribution is 9.11. The molecule has 1 rings (SSSR count). The summed E-state index contributed by atoms with van der Waals surface area (Å²) in [5.74, 6) is 0. The van der Waals surface area contributed by atoms with Gasteiger partial charge in [-0.25, -0.2) is 0 Å². The van der Waals surface area contributed by atoms with Crippen LogP contribution in [-0.2, 0) is 0 Å². The average Bonchev–Trinajstić information content (AvgIpc) is 2.28. The molecule has 0 fully saturated rings. The number of nitrogens with one attached hydrogen (secondary N) is 1. The van der Waals surface area contributed by atoms with Gasteiger partial charge in [0.15, 0.2) is 0 Å². The lowest BCUT2D eigenvalue weighted by atomic mass is 10.2. The molecule has 0 aliphatic carbocycles. The maximum Gasteiger partial charge on any atom is 0.0495 e. The van der Waals surface area contributed by atoms with E-state index in [0.717, 1.165) is 40.4 Å². The number of benzene rings is 1. The molecule has 4 heteroatoms. The Morgan fingerprint density at radius 3 is 2.56 bits per heavy atom. The molecule has 0 atom stereocenters. The van der Waals surface area contributed by atoms with E-state index < -0.39 is 0 Å². The number of unbranched alkanes of at least 4 members (excludes halogenated alkanes) is 3. The molecular weight excluding hydrogens is 334 g/mol. The van der Waals surface area contributed by atoms with Gasteiger partial charge in [-0.15, -0.1) is 0 Å². The molecule has 0 spiro atoms. The van der Waals surface area contributed by atoms with E-state index in [1.54, 1.807) is 0 Å². The van der Waals surface area contributed by atoms with E-state index >= 15 is 0 Å². The van der Waals surface area contributed by atoms with Crippen molar-refractivity contribution in [3.63, 3.8) is 0 Å². The lowest BCUT2D eigenvalue weighted by Crippen LogP contribution is -2.02. The number of aliphatic hydroxyl groups is 1. The van der Waals surface area contributed by atoms with Crippen LogP contribution in [-0.4, -0.2) is 18.3 Å². The van der Waals surface area contributed by atoms with Crippen molar-refractivity contribution in [1.29, 1.82) is 0 Å². The predicted molar refractivity (Wildman–Crippen MR) is 75.9 cm³/mol. The fourth-order valence-corrected chi connectivity index (χ4v) is 2.19. The summed E-state index contributed by atoms with van der Waals surface area (Å²) in [6.45, 7) is 1.28. The molecular formula is C12H17Br2NO. The number of aliphatic hydroxyl groups excluding tert-OH is 1. The van der Waals surface area contributed by atoms with Gasteiger partial charge in [-0.05, 0) is 47.0 Å². The molecule has 16 heavy (non-hydrogen) atoms. The van der Waals surface area contributed by atoms with Gasteiger partial charge in [0.05, 0.1) is 0 Å². The van der Waals surface area contributed by atoms with Crippen LogP contribution in [0.15, 0.2) is 27.1 Å². The molecule has 2 N–H and O–H groups in total. The molecule has 90 valence electrons. The van der Waals surface area contributed by atoms with Gasteiger partial charge in [0.1, 0.15) is 0 Å². The highest BCUT2D eigenvalue weighted by atomic mass is 79.9. The average molecular weight is 351 g/mol. The third-order valence-corrected chi connectivity index (χ3v) is 3.51. The van der Waals surface area contributed by atoms with E-state index in [-0.39, 0.29) is 0 Å². The zero-order chi connectivity index (χ0) is 11.8. The van der Waals surface area contributed by atoms with E-state index in [9.17, 15) is 0 Å². The van der Waals surface area contributed by atoms with E-state index in [1.807, 2.05) is 12.1 Å². The van der Waals surface area contributed by atoms with Crippen molar-refractivity contribution in [1.82, 2.24) is 0 Å². The zero-order valence-electron chi connectivity index (χ0n) is 9.18. The Hall–Kier alpha value is -0.0600. The van der Waals surface area contributed by atoms with Crippen LogP contribution in [0.5, 0.6) is 0 Å². The predicted octanol–water partition coefficient (Wildman–Crippen LogP) is 4.18. The third-order valence-electron chi connectivity index (χ3n) is 2.33. The third kappa shape index (κ3) is 5.32. The van der Waals surface area contributed by atoms with Gasteiger partial charge in [0.2, 0.25) is 0 Å². The molecule has 0 radical (unpaired) electrons. The summed E-state index contributed by atoms with van der Waals surface area (Å²) in [5, 5.41) is 12.0. The molecule has 2 nitrogen and oxygen atoms in total. The molecule has 0 heterocycles. The first kappa shape index (κ1) is 14.0. The van der Waals surface area contributed by atoms with Gasteiger partial charge in [0.25, 0.3) is 0 Å². The van der Waals surface area contributed by atoms with Crippen molar-refractivity contribution in [3.05, 3.63) is 27.1 Å². The van der Waals surface area contributed by atoms with Gasteiger partial charge in [-0.2, -0.15) is 0 Å².